The molecule has 0 N–H and O–H groups in total. The van der Waals surface area contributed by atoms with Crippen LogP contribution in [0.3, 0.4) is 0 Å². The van der Waals surface area contributed by atoms with Crippen molar-refractivity contribution in [2.75, 3.05) is 19.8 Å². The topological polar surface area (TPSA) is 44.8 Å². The summed E-state index contributed by atoms with van der Waals surface area (Å²) in [6.45, 7) is 5.75. The molecule has 2 rings (SSSR count). The van der Waals surface area contributed by atoms with Crippen molar-refractivity contribution in [3.8, 4) is 0 Å². The summed E-state index contributed by atoms with van der Waals surface area (Å²) in [5.41, 5.74) is 0. The quantitative estimate of drug-likeness (QED) is 0.555. The SMILES string of the molecule is CC/C=C\CC1C(CC(=O)OCC)CCC12OCCO2. The van der Waals surface area contributed by atoms with E-state index in [1.807, 2.05) is 6.92 Å². The van der Waals surface area contributed by atoms with Gasteiger partial charge >= 0.3 is 5.97 Å². The predicted octanol–water partition coefficient (Wildman–Crippen LogP) is 3.07. The Balaban J connectivity index is 2.02. The summed E-state index contributed by atoms with van der Waals surface area (Å²) in [5.74, 6) is 0.0118. The third-order valence-electron chi connectivity index (χ3n) is 4.30. The van der Waals surface area contributed by atoms with Crippen LogP contribution in [0.25, 0.3) is 0 Å². The second-order valence-corrected chi connectivity index (χ2v) is 5.54. The minimum absolute atomic E-state index is 0.1000. The molecule has 0 aromatic heterocycles. The van der Waals surface area contributed by atoms with E-state index in [-0.39, 0.29) is 11.9 Å². The van der Waals surface area contributed by atoms with Crippen molar-refractivity contribution >= 4 is 5.97 Å². The first-order valence-electron chi connectivity index (χ1n) is 7.80. The average Bonchev–Trinajstić information content (AvgIpc) is 3.02. The summed E-state index contributed by atoms with van der Waals surface area (Å²) in [4.78, 5) is 11.8. The van der Waals surface area contributed by atoms with Crippen LogP contribution in [0, 0.1) is 11.8 Å². The monoisotopic (exact) mass is 282 g/mol. The summed E-state index contributed by atoms with van der Waals surface area (Å²) in [6, 6.07) is 0. The smallest absolute Gasteiger partial charge is 0.306 e. The van der Waals surface area contributed by atoms with Crippen molar-refractivity contribution in [1.29, 1.82) is 0 Å². The maximum atomic E-state index is 11.8. The van der Waals surface area contributed by atoms with Gasteiger partial charge < -0.3 is 14.2 Å². The molecule has 0 amide bonds. The van der Waals surface area contributed by atoms with Gasteiger partial charge in [0.1, 0.15) is 0 Å². The van der Waals surface area contributed by atoms with Gasteiger partial charge in [0, 0.05) is 18.8 Å². The molecule has 0 bridgehead atoms. The van der Waals surface area contributed by atoms with Crippen LogP contribution in [0.1, 0.15) is 46.0 Å². The fraction of sp³-hybridized carbons (Fsp3) is 0.812. The third kappa shape index (κ3) is 3.41. The van der Waals surface area contributed by atoms with E-state index in [1.165, 1.54) is 0 Å². The molecule has 1 aliphatic heterocycles. The molecule has 114 valence electrons. The standard InChI is InChI=1S/C16H26O4/c1-3-5-6-7-14-13(12-15(17)18-4-2)8-9-16(14)19-10-11-20-16/h5-6,13-14H,3-4,7-12H2,1-2H3/b6-5-. The van der Waals surface area contributed by atoms with Crippen LogP contribution in [0.4, 0.5) is 0 Å². The molecule has 1 spiro atoms. The Hall–Kier alpha value is -0.870. The van der Waals surface area contributed by atoms with Gasteiger partial charge in [-0.05, 0) is 32.1 Å². The zero-order valence-electron chi connectivity index (χ0n) is 12.6. The Kier molecular flexibility index (Phi) is 5.61. The summed E-state index contributed by atoms with van der Waals surface area (Å²) in [6.07, 6.45) is 8.66. The first-order valence-corrected chi connectivity index (χ1v) is 7.80. The van der Waals surface area contributed by atoms with Gasteiger partial charge in [-0.2, -0.15) is 0 Å². The number of esters is 1. The Morgan fingerprint density at radius 3 is 2.70 bits per heavy atom. The first-order chi connectivity index (χ1) is 9.72. The van der Waals surface area contributed by atoms with Crippen molar-refractivity contribution in [1.82, 2.24) is 0 Å². The van der Waals surface area contributed by atoms with Gasteiger partial charge in [0.25, 0.3) is 0 Å². The number of ether oxygens (including phenoxy) is 3. The summed E-state index contributed by atoms with van der Waals surface area (Å²) in [7, 11) is 0. The lowest BCUT2D eigenvalue weighted by Crippen LogP contribution is -2.37. The molecule has 2 unspecified atom stereocenters. The molecule has 1 saturated carbocycles. The third-order valence-corrected chi connectivity index (χ3v) is 4.30. The number of rotatable bonds is 6. The Bertz CT molecular complexity index is 344. The van der Waals surface area contributed by atoms with E-state index in [4.69, 9.17) is 14.2 Å². The average molecular weight is 282 g/mol. The van der Waals surface area contributed by atoms with E-state index < -0.39 is 5.79 Å². The first kappa shape index (κ1) is 15.5. The normalized spacial score (nSPS) is 28.5. The lowest BCUT2D eigenvalue weighted by atomic mass is 9.87. The van der Waals surface area contributed by atoms with E-state index in [0.29, 0.717) is 32.2 Å². The lowest BCUT2D eigenvalue weighted by Gasteiger charge is -2.31. The van der Waals surface area contributed by atoms with Crippen molar-refractivity contribution < 1.29 is 19.0 Å². The molecule has 4 nitrogen and oxygen atoms in total. The van der Waals surface area contributed by atoms with E-state index >= 15 is 0 Å². The van der Waals surface area contributed by atoms with Gasteiger partial charge in [-0.15, -0.1) is 0 Å². The Morgan fingerprint density at radius 2 is 2.05 bits per heavy atom. The van der Waals surface area contributed by atoms with Gasteiger partial charge in [-0.3, -0.25) is 4.79 Å². The predicted molar refractivity (Wildman–Crippen MR) is 76.1 cm³/mol. The highest BCUT2D eigenvalue weighted by Crippen LogP contribution is 2.49. The van der Waals surface area contributed by atoms with E-state index in [2.05, 4.69) is 19.1 Å². The van der Waals surface area contributed by atoms with Crippen LogP contribution in [-0.4, -0.2) is 31.6 Å². The molecule has 1 aliphatic carbocycles. The maximum Gasteiger partial charge on any atom is 0.306 e. The second kappa shape index (κ2) is 7.23. The minimum Gasteiger partial charge on any atom is -0.466 e. The number of hydrogen-bond donors (Lipinski definition) is 0. The summed E-state index contributed by atoms with van der Waals surface area (Å²) >= 11 is 0. The van der Waals surface area contributed by atoms with Gasteiger partial charge in [0.05, 0.1) is 19.8 Å². The van der Waals surface area contributed by atoms with Gasteiger partial charge in [-0.25, -0.2) is 0 Å². The van der Waals surface area contributed by atoms with Crippen LogP contribution < -0.4 is 0 Å². The second-order valence-electron chi connectivity index (χ2n) is 5.54. The molecule has 1 heterocycles. The van der Waals surface area contributed by atoms with Gasteiger partial charge in [0.2, 0.25) is 0 Å². The molecule has 1 saturated heterocycles. The molecular formula is C16H26O4. The Morgan fingerprint density at radius 1 is 1.30 bits per heavy atom. The van der Waals surface area contributed by atoms with Crippen LogP contribution in [0.5, 0.6) is 0 Å². The number of hydrogen-bond acceptors (Lipinski definition) is 4. The van der Waals surface area contributed by atoms with Crippen molar-refractivity contribution in [2.45, 2.75) is 51.7 Å². The fourth-order valence-corrected chi connectivity index (χ4v) is 3.42. The molecule has 2 aliphatic rings. The van der Waals surface area contributed by atoms with Crippen LogP contribution >= 0.6 is 0 Å². The van der Waals surface area contributed by atoms with Gasteiger partial charge in [-0.1, -0.05) is 19.1 Å². The van der Waals surface area contributed by atoms with Crippen molar-refractivity contribution in [3.63, 3.8) is 0 Å². The minimum atomic E-state index is -0.449. The number of carbonyl (C=O) groups excluding carboxylic acids is 1. The molecule has 0 aromatic carbocycles. The number of carbonyl (C=O) groups is 1. The molecule has 0 radical (unpaired) electrons. The van der Waals surface area contributed by atoms with E-state index in [0.717, 1.165) is 25.7 Å². The lowest BCUT2D eigenvalue weighted by molar-refractivity contribution is -0.186. The molecule has 2 atom stereocenters. The number of allylic oxidation sites excluding steroid dienone is 2. The Labute approximate surface area is 121 Å². The summed E-state index contributed by atoms with van der Waals surface area (Å²) < 4.78 is 16.9. The van der Waals surface area contributed by atoms with Crippen molar-refractivity contribution in [2.24, 2.45) is 11.8 Å². The molecular weight excluding hydrogens is 256 g/mol. The van der Waals surface area contributed by atoms with Crippen LogP contribution in [0.15, 0.2) is 12.2 Å². The molecule has 20 heavy (non-hydrogen) atoms. The van der Waals surface area contributed by atoms with Crippen LogP contribution in [-0.2, 0) is 19.0 Å². The molecule has 2 fully saturated rings. The zero-order valence-corrected chi connectivity index (χ0v) is 12.6. The zero-order chi connectivity index (χ0) is 14.4. The van der Waals surface area contributed by atoms with Crippen molar-refractivity contribution in [3.05, 3.63) is 12.2 Å². The maximum absolute atomic E-state index is 11.8. The van der Waals surface area contributed by atoms with Crippen LogP contribution in [0.2, 0.25) is 0 Å². The summed E-state index contributed by atoms with van der Waals surface area (Å²) in [5, 5.41) is 0. The highest BCUT2D eigenvalue weighted by atomic mass is 16.7. The molecule has 4 heteroatoms. The van der Waals surface area contributed by atoms with E-state index in [9.17, 15) is 4.79 Å². The highest BCUT2D eigenvalue weighted by molar-refractivity contribution is 5.69. The highest BCUT2D eigenvalue weighted by Gasteiger charge is 2.52. The van der Waals surface area contributed by atoms with E-state index in [1.54, 1.807) is 0 Å². The molecule has 0 aromatic rings. The fourth-order valence-electron chi connectivity index (χ4n) is 3.42. The largest absolute Gasteiger partial charge is 0.466 e. The van der Waals surface area contributed by atoms with Gasteiger partial charge in [0.15, 0.2) is 5.79 Å².